The molecule has 0 spiro atoms. The van der Waals surface area contributed by atoms with Gasteiger partial charge in [-0.15, -0.1) is 0 Å². The van der Waals surface area contributed by atoms with Crippen LogP contribution in [-0.4, -0.2) is 30.9 Å². The fourth-order valence-corrected chi connectivity index (χ4v) is 3.40. The van der Waals surface area contributed by atoms with Gasteiger partial charge in [-0.05, 0) is 43.0 Å². The molecule has 0 aliphatic carbocycles. The molecule has 1 aromatic rings. The van der Waals surface area contributed by atoms with Gasteiger partial charge >= 0.3 is 0 Å². The van der Waals surface area contributed by atoms with E-state index in [0.717, 1.165) is 18.4 Å². The maximum absolute atomic E-state index is 12.4. The first kappa shape index (κ1) is 16.1. The highest BCUT2D eigenvalue weighted by Crippen LogP contribution is 2.21. The number of aliphatic hydroxyl groups excluding tert-OH is 1. The summed E-state index contributed by atoms with van der Waals surface area (Å²) in [6.45, 7) is 5.68. The SMILES string of the molecule is CCc1ccc(S(=O)(=O)N(C)C(C)CC)cc1CO. The van der Waals surface area contributed by atoms with Crippen molar-refractivity contribution >= 4 is 10.0 Å². The third-order valence-electron chi connectivity index (χ3n) is 3.62. The molecule has 0 saturated carbocycles. The average molecular weight is 285 g/mol. The van der Waals surface area contributed by atoms with Crippen LogP contribution in [0.25, 0.3) is 0 Å². The molecule has 0 aromatic heterocycles. The Morgan fingerprint density at radius 2 is 1.89 bits per heavy atom. The van der Waals surface area contributed by atoms with E-state index in [0.29, 0.717) is 5.56 Å². The summed E-state index contributed by atoms with van der Waals surface area (Å²) in [4.78, 5) is 0.247. The molecule has 1 atom stereocenters. The fourth-order valence-electron chi connectivity index (χ4n) is 1.92. The van der Waals surface area contributed by atoms with E-state index < -0.39 is 10.0 Å². The lowest BCUT2D eigenvalue weighted by Crippen LogP contribution is -2.34. The molecule has 1 unspecified atom stereocenters. The van der Waals surface area contributed by atoms with Crippen LogP contribution in [0.1, 0.15) is 38.3 Å². The van der Waals surface area contributed by atoms with Gasteiger partial charge in [-0.1, -0.05) is 19.9 Å². The van der Waals surface area contributed by atoms with Crippen LogP contribution in [0.5, 0.6) is 0 Å². The van der Waals surface area contributed by atoms with Crippen LogP contribution in [-0.2, 0) is 23.1 Å². The molecule has 0 heterocycles. The van der Waals surface area contributed by atoms with E-state index in [2.05, 4.69) is 0 Å². The van der Waals surface area contributed by atoms with Gasteiger partial charge in [-0.2, -0.15) is 4.31 Å². The van der Waals surface area contributed by atoms with Crippen LogP contribution in [0, 0.1) is 0 Å². The Balaban J connectivity index is 3.22. The first-order valence-electron chi connectivity index (χ1n) is 6.59. The third kappa shape index (κ3) is 3.35. The molecule has 1 N–H and O–H groups in total. The van der Waals surface area contributed by atoms with Crippen molar-refractivity contribution in [1.82, 2.24) is 4.31 Å². The Morgan fingerprint density at radius 1 is 1.26 bits per heavy atom. The zero-order chi connectivity index (χ0) is 14.6. The number of hydrogen-bond donors (Lipinski definition) is 1. The number of rotatable bonds is 6. The highest BCUT2D eigenvalue weighted by Gasteiger charge is 2.24. The van der Waals surface area contributed by atoms with Crippen LogP contribution in [0.2, 0.25) is 0 Å². The predicted molar refractivity (Wildman–Crippen MR) is 76.4 cm³/mol. The molecular weight excluding hydrogens is 262 g/mol. The van der Waals surface area contributed by atoms with Gasteiger partial charge < -0.3 is 5.11 Å². The van der Waals surface area contributed by atoms with Crippen molar-refractivity contribution in [3.05, 3.63) is 29.3 Å². The molecule has 0 fully saturated rings. The molecule has 0 aliphatic rings. The van der Waals surface area contributed by atoms with Crippen LogP contribution in [0.3, 0.4) is 0 Å². The van der Waals surface area contributed by atoms with Crippen molar-refractivity contribution in [3.63, 3.8) is 0 Å². The Hall–Kier alpha value is -0.910. The quantitative estimate of drug-likeness (QED) is 0.871. The number of benzene rings is 1. The molecule has 0 bridgehead atoms. The maximum atomic E-state index is 12.4. The summed E-state index contributed by atoms with van der Waals surface area (Å²) in [5.74, 6) is 0. The lowest BCUT2D eigenvalue weighted by atomic mass is 10.1. The van der Waals surface area contributed by atoms with Crippen LogP contribution in [0.15, 0.2) is 23.1 Å². The Labute approximate surface area is 116 Å². The van der Waals surface area contributed by atoms with Gasteiger partial charge in [0, 0.05) is 13.1 Å². The number of nitrogens with zero attached hydrogens (tertiary/aromatic N) is 1. The summed E-state index contributed by atoms with van der Waals surface area (Å²) >= 11 is 0. The summed E-state index contributed by atoms with van der Waals surface area (Å²) in [6.07, 6.45) is 1.53. The topological polar surface area (TPSA) is 57.6 Å². The standard InChI is InChI=1S/C14H23NO3S/c1-5-11(3)15(4)19(17,18)14-8-7-12(6-2)13(9-14)10-16/h7-9,11,16H,5-6,10H2,1-4H3. The van der Waals surface area contributed by atoms with Gasteiger partial charge in [0.15, 0.2) is 0 Å². The van der Waals surface area contributed by atoms with Crippen molar-refractivity contribution < 1.29 is 13.5 Å². The Bertz CT molecular complexity index is 525. The first-order valence-corrected chi connectivity index (χ1v) is 8.03. The number of aryl methyl sites for hydroxylation is 1. The highest BCUT2D eigenvalue weighted by molar-refractivity contribution is 7.89. The van der Waals surface area contributed by atoms with Crippen molar-refractivity contribution in [2.24, 2.45) is 0 Å². The largest absolute Gasteiger partial charge is 0.392 e. The molecule has 0 saturated heterocycles. The van der Waals surface area contributed by atoms with Gasteiger partial charge in [0.2, 0.25) is 10.0 Å². The molecule has 0 radical (unpaired) electrons. The van der Waals surface area contributed by atoms with E-state index in [4.69, 9.17) is 0 Å². The maximum Gasteiger partial charge on any atom is 0.243 e. The molecule has 19 heavy (non-hydrogen) atoms. The van der Waals surface area contributed by atoms with E-state index in [1.54, 1.807) is 25.2 Å². The summed E-state index contributed by atoms with van der Waals surface area (Å²) in [7, 11) is -1.89. The molecular formula is C14H23NO3S. The number of hydrogen-bond acceptors (Lipinski definition) is 3. The molecule has 4 nitrogen and oxygen atoms in total. The highest BCUT2D eigenvalue weighted by atomic mass is 32.2. The second kappa shape index (κ2) is 6.50. The van der Waals surface area contributed by atoms with Crippen molar-refractivity contribution in [3.8, 4) is 0 Å². The molecule has 1 aromatic carbocycles. The van der Waals surface area contributed by atoms with Gasteiger partial charge in [-0.3, -0.25) is 0 Å². The van der Waals surface area contributed by atoms with Gasteiger partial charge in [-0.25, -0.2) is 8.42 Å². The summed E-state index contributed by atoms with van der Waals surface area (Å²) in [5, 5.41) is 9.33. The minimum atomic E-state index is -3.49. The number of sulfonamides is 1. The van der Waals surface area contributed by atoms with Gasteiger partial charge in [0.1, 0.15) is 0 Å². The minimum absolute atomic E-state index is 0.0478. The zero-order valence-corrected chi connectivity index (χ0v) is 12.9. The normalized spacial score (nSPS) is 13.8. The second-order valence-electron chi connectivity index (χ2n) is 4.72. The summed E-state index contributed by atoms with van der Waals surface area (Å²) < 4.78 is 26.3. The smallest absolute Gasteiger partial charge is 0.243 e. The number of aliphatic hydroxyl groups is 1. The molecule has 5 heteroatoms. The average Bonchev–Trinajstić information content (AvgIpc) is 2.44. The van der Waals surface area contributed by atoms with Crippen LogP contribution < -0.4 is 0 Å². The lowest BCUT2D eigenvalue weighted by Gasteiger charge is -2.23. The van der Waals surface area contributed by atoms with Gasteiger partial charge in [0.25, 0.3) is 0 Å². The summed E-state index contributed by atoms with van der Waals surface area (Å²) in [6, 6.07) is 4.93. The zero-order valence-electron chi connectivity index (χ0n) is 12.0. The first-order chi connectivity index (χ1) is 8.88. The fraction of sp³-hybridized carbons (Fsp3) is 0.571. The van der Waals surface area contributed by atoms with Gasteiger partial charge in [0.05, 0.1) is 11.5 Å². The molecule has 0 aliphatic heterocycles. The third-order valence-corrected chi connectivity index (χ3v) is 5.59. The lowest BCUT2D eigenvalue weighted by molar-refractivity contribution is 0.280. The van der Waals surface area contributed by atoms with E-state index in [1.165, 1.54) is 4.31 Å². The Kier molecular flexibility index (Phi) is 5.52. The van der Waals surface area contributed by atoms with Crippen LogP contribution >= 0.6 is 0 Å². The van der Waals surface area contributed by atoms with Crippen molar-refractivity contribution in [2.75, 3.05) is 7.05 Å². The van der Waals surface area contributed by atoms with E-state index in [9.17, 15) is 13.5 Å². The molecule has 1 rings (SSSR count). The van der Waals surface area contributed by atoms with E-state index in [1.807, 2.05) is 20.8 Å². The minimum Gasteiger partial charge on any atom is -0.392 e. The van der Waals surface area contributed by atoms with Crippen molar-refractivity contribution in [2.45, 2.75) is 51.2 Å². The summed E-state index contributed by atoms with van der Waals surface area (Å²) in [5.41, 5.74) is 1.66. The Morgan fingerprint density at radius 3 is 2.37 bits per heavy atom. The second-order valence-corrected chi connectivity index (χ2v) is 6.72. The molecule has 108 valence electrons. The monoisotopic (exact) mass is 285 g/mol. The molecule has 0 amide bonds. The predicted octanol–water partition coefficient (Wildman–Crippen LogP) is 2.16. The van der Waals surface area contributed by atoms with E-state index in [-0.39, 0.29) is 17.5 Å². The van der Waals surface area contributed by atoms with E-state index >= 15 is 0 Å². The van der Waals surface area contributed by atoms with Crippen LogP contribution in [0.4, 0.5) is 0 Å². The van der Waals surface area contributed by atoms with Crippen molar-refractivity contribution in [1.29, 1.82) is 0 Å².